The van der Waals surface area contributed by atoms with Crippen LogP contribution in [0.4, 0.5) is 14.5 Å². The van der Waals surface area contributed by atoms with E-state index in [1.54, 1.807) is 0 Å². The van der Waals surface area contributed by atoms with E-state index in [9.17, 15) is 18.4 Å². The molecule has 2 aromatic rings. The van der Waals surface area contributed by atoms with Crippen molar-refractivity contribution in [3.8, 4) is 0 Å². The maximum Gasteiger partial charge on any atom is 0.244 e. The molecule has 0 atom stereocenters. The molecule has 0 radical (unpaired) electrons. The van der Waals surface area contributed by atoms with Crippen LogP contribution in [0.1, 0.15) is 5.56 Å². The third-order valence-corrected chi connectivity index (χ3v) is 4.37. The fourth-order valence-electron chi connectivity index (χ4n) is 2.40. The quantitative estimate of drug-likeness (QED) is 0.908. The van der Waals surface area contributed by atoms with Gasteiger partial charge >= 0.3 is 0 Å². The Morgan fingerprint density at radius 1 is 1.16 bits per heavy atom. The third-order valence-electron chi connectivity index (χ3n) is 3.57. The number of rotatable bonds is 4. The number of benzene rings is 2. The zero-order valence-corrected chi connectivity index (χ0v) is 13.9. The van der Waals surface area contributed by atoms with Gasteiger partial charge in [-0.15, -0.1) is 11.8 Å². The van der Waals surface area contributed by atoms with E-state index < -0.39 is 17.5 Å². The van der Waals surface area contributed by atoms with E-state index in [0.29, 0.717) is 5.70 Å². The van der Waals surface area contributed by atoms with Crippen LogP contribution in [0.2, 0.25) is 0 Å². The second-order valence-electron chi connectivity index (χ2n) is 5.33. The highest BCUT2D eigenvalue weighted by Gasteiger charge is 2.25. The number of hydrogen-bond acceptors (Lipinski definition) is 3. The molecule has 0 aromatic heterocycles. The van der Waals surface area contributed by atoms with Gasteiger partial charge in [0.15, 0.2) is 0 Å². The maximum atomic E-state index is 13.7. The molecule has 1 aliphatic heterocycles. The smallest absolute Gasteiger partial charge is 0.244 e. The molecular weight excluding hydrogens is 346 g/mol. The van der Waals surface area contributed by atoms with E-state index in [1.165, 1.54) is 16.7 Å². The molecule has 25 heavy (non-hydrogen) atoms. The second-order valence-corrected chi connectivity index (χ2v) is 6.19. The lowest BCUT2D eigenvalue weighted by Gasteiger charge is -2.28. The van der Waals surface area contributed by atoms with Crippen LogP contribution in [0, 0.1) is 11.6 Å². The summed E-state index contributed by atoms with van der Waals surface area (Å²) >= 11 is 1.35. The monoisotopic (exact) mass is 360 g/mol. The van der Waals surface area contributed by atoms with E-state index in [1.807, 2.05) is 35.7 Å². The molecule has 4 nitrogen and oxygen atoms in total. The fourth-order valence-corrected chi connectivity index (χ4v) is 3.20. The van der Waals surface area contributed by atoms with Crippen LogP contribution in [0.15, 0.2) is 53.9 Å². The fraction of sp³-hybridized carbons (Fsp3) is 0.111. The molecule has 7 heteroatoms. The molecule has 3 rings (SSSR count). The van der Waals surface area contributed by atoms with Crippen LogP contribution in [-0.4, -0.2) is 29.0 Å². The Morgan fingerprint density at radius 2 is 1.92 bits per heavy atom. The zero-order valence-electron chi connectivity index (χ0n) is 13.0. The first-order valence-corrected chi connectivity index (χ1v) is 8.52. The minimum absolute atomic E-state index is 0.220. The molecule has 1 heterocycles. The van der Waals surface area contributed by atoms with Gasteiger partial charge in [-0.1, -0.05) is 30.3 Å². The van der Waals surface area contributed by atoms with Gasteiger partial charge in [-0.3, -0.25) is 9.59 Å². The van der Waals surface area contributed by atoms with Crippen LogP contribution in [0.3, 0.4) is 0 Å². The predicted octanol–water partition coefficient (Wildman–Crippen LogP) is 3.48. The Balaban J connectivity index is 1.78. The summed E-state index contributed by atoms with van der Waals surface area (Å²) in [5.41, 5.74) is 1.15. The van der Waals surface area contributed by atoms with E-state index >= 15 is 0 Å². The first kappa shape index (κ1) is 17.2. The van der Waals surface area contributed by atoms with Gasteiger partial charge in [-0.05, 0) is 23.1 Å². The molecule has 2 aromatic carbocycles. The highest BCUT2D eigenvalue weighted by molar-refractivity contribution is 8.03. The normalized spacial score (nSPS) is 14.2. The lowest BCUT2D eigenvalue weighted by molar-refractivity contribution is -0.129. The average Bonchev–Trinajstić information content (AvgIpc) is 2.60. The summed E-state index contributed by atoms with van der Waals surface area (Å²) in [5, 5.41) is 4.12. The molecule has 0 aliphatic carbocycles. The number of nitrogens with one attached hydrogen (secondary N) is 1. The van der Waals surface area contributed by atoms with Crippen molar-refractivity contribution in [2.24, 2.45) is 0 Å². The van der Waals surface area contributed by atoms with Crippen molar-refractivity contribution in [2.45, 2.75) is 0 Å². The summed E-state index contributed by atoms with van der Waals surface area (Å²) in [7, 11) is 0. The zero-order chi connectivity index (χ0) is 17.8. The number of hydrogen-bond donors (Lipinski definition) is 1. The van der Waals surface area contributed by atoms with Gasteiger partial charge in [0.05, 0.1) is 17.1 Å². The van der Waals surface area contributed by atoms with Crippen molar-refractivity contribution in [1.82, 2.24) is 4.90 Å². The molecule has 0 fully saturated rings. The molecular formula is C18H14F2N2O2S. The van der Waals surface area contributed by atoms with Gasteiger partial charge in [-0.2, -0.15) is 0 Å². The Kier molecular flexibility index (Phi) is 5.14. The van der Waals surface area contributed by atoms with Crippen molar-refractivity contribution in [3.63, 3.8) is 0 Å². The van der Waals surface area contributed by atoms with E-state index in [2.05, 4.69) is 5.32 Å². The summed E-state index contributed by atoms with van der Waals surface area (Å²) in [6.45, 7) is -0.282. The average molecular weight is 360 g/mol. The Labute approximate surface area is 147 Å². The Bertz CT molecular complexity index is 840. The Hall–Kier alpha value is -2.67. The largest absolute Gasteiger partial charge is 0.322 e. The van der Waals surface area contributed by atoms with E-state index in [-0.39, 0.29) is 23.9 Å². The number of halogens is 2. The molecule has 0 unspecified atom stereocenters. The minimum atomic E-state index is -0.742. The van der Waals surface area contributed by atoms with Crippen molar-refractivity contribution < 1.29 is 18.4 Å². The highest BCUT2D eigenvalue weighted by Crippen LogP contribution is 2.28. The highest BCUT2D eigenvalue weighted by atomic mass is 32.2. The minimum Gasteiger partial charge on any atom is -0.322 e. The molecule has 1 N–H and O–H groups in total. The van der Waals surface area contributed by atoms with Gasteiger partial charge in [0.25, 0.3) is 0 Å². The Morgan fingerprint density at radius 3 is 2.68 bits per heavy atom. The van der Waals surface area contributed by atoms with Crippen LogP contribution >= 0.6 is 11.8 Å². The van der Waals surface area contributed by atoms with Crippen molar-refractivity contribution in [1.29, 1.82) is 0 Å². The molecule has 128 valence electrons. The van der Waals surface area contributed by atoms with Crippen molar-refractivity contribution in [3.05, 3.63) is 71.1 Å². The molecule has 0 saturated heterocycles. The number of nitrogens with zero attached hydrogens (tertiary/aromatic N) is 1. The summed E-state index contributed by atoms with van der Waals surface area (Å²) in [6, 6.07) is 12.0. The second kappa shape index (κ2) is 7.48. The number of carbonyl (C=O) groups is 2. The lowest BCUT2D eigenvalue weighted by atomic mass is 10.1. The number of anilines is 1. The first-order valence-electron chi connectivity index (χ1n) is 7.47. The molecule has 0 saturated carbocycles. The SMILES string of the molecule is O=C(CN1C(=O)CSC=C1c1ccccc1)Nc1cc(F)ccc1F. The summed E-state index contributed by atoms with van der Waals surface area (Å²) in [4.78, 5) is 25.8. The van der Waals surface area contributed by atoms with Gasteiger partial charge in [0.1, 0.15) is 18.2 Å². The van der Waals surface area contributed by atoms with Crippen LogP contribution in [-0.2, 0) is 9.59 Å². The van der Waals surface area contributed by atoms with Gasteiger partial charge < -0.3 is 10.2 Å². The van der Waals surface area contributed by atoms with Crippen molar-refractivity contribution in [2.75, 3.05) is 17.6 Å². The predicted molar refractivity (Wildman–Crippen MR) is 93.6 cm³/mol. The molecule has 0 spiro atoms. The van der Waals surface area contributed by atoms with Gasteiger partial charge in [0, 0.05) is 6.07 Å². The van der Waals surface area contributed by atoms with E-state index in [4.69, 9.17) is 0 Å². The van der Waals surface area contributed by atoms with Crippen molar-refractivity contribution >= 4 is 35.0 Å². The van der Waals surface area contributed by atoms with Crippen LogP contribution < -0.4 is 5.32 Å². The molecule has 1 aliphatic rings. The van der Waals surface area contributed by atoms with Crippen LogP contribution in [0.25, 0.3) is 5.70 Å². The topological polar surface area (TPSA) is 49.4 Å². The van der Waals surface area contributed by atoms with Crippen LogP contribution in [0.5, 0.6) is 0 Å². The summed E-state index contributed by atoms with van der Waals surface area (Å²) < 4.78 is 26.9. The van der Waals surface area contributed by atoms with E-state index in [0.717, 1.165) is 23.8 Å². The molecule has 0 bridgehead atoms. The third kappa shape index (κ3) is 4.06. The van der Waals surface area contributed by atoms with Gasteiger partial charge in [0.2, 0.25) is 11.8 Å². The molecule has 2 amide bonds. The number of amides is 2. The number of carbonyl (C=O) groups excluding carboxylic acids is 2. The van der Waals surface area contributed by atoms with Gasteiger partial charge in [-0.25, -0.2) is 8.78 Å². The summed E-state index contributed by atoms with van der Waals surface area (Å²) in [6.07, 6.45) is 0. The first-order chi connectivity index (χ1) is 12.0. The maximum absolute atomic E-state index is 13.7. The number of thioether (sulfide) groups is 1. The summed E-state index contributed by atoms with van der Waals surface area (Å²) in [5.74, 6) is -2.01. The lowest BCUT2D eigenvalue weighted by Crippen LogP contribution is -2.39. The standard InChI is InChI=1S/C18H14F2N2O2S/c19-13-6-7-14(20)15(8-13)21-17(23)9-22-16(10-25-11-18(22)24)12-4-2-1-3-5-12/h1-8,10H,9,11H2,(H,21,23).